The van der Waals surface area contributed by atoms with Crippen LogP contribution in [0.1, 0.15) is 37.7 Å². The Labute approximate surface area is 146 Å². The minimum absolute atomic E-state index is 0.289. The fourth-order valence-electron chi connectivity index (χ4n) is 3.69. The number of rotatable bonds is 3. The lowest BCUT2D eigenvalue weighted by Gasteiger charge is -2.35. The summed E-state index contributed by atoms with van der Waals surface area (Å²) >= 11 is 0. The van der Waals surface area contributed by atoms with E-state index in [1.165, 1.54) is 4.90 Å². The second-order valence-corrected chi connectivity index (χ2v) is 6.53. The van der Waals surface area contributed by atoms with Gasteiger partial charge in [-0.2, -0.15) is 5.26 Å². The van der Waals surface area contributed by atoms with Crippen LogP contribution < -0.4 is 5.32 Å². The molecule has 25 heavy (non-hydrogen) atoms. The van der Waals surface area contributed by atoms with E-state index in [-0.39, 0.29) is 12.5 Å². The smallest absolute Gasteiger partial charge is 0.323 e. The number of imide groups is 1. The van der Waals surface area contributed by atoms with E-state index >= 15 is 0 Å². The molecule has 1 aliphatic heterocycles. The van der Waals surface area contributed by atoms with Crippen molar-refractivity contribution >= 4 is 23.5 Å². The van der Waals surface area contributed by atoms with Crippen molar-refractivity contribution in [3.63, 3.8) is 0 Å². The standard InChI is InChI=1S/C18H20N4O3/c1-21-17(25)22(16(24)18(21)9-5-2-6-10-18)12-15(23)20-14-8-4-3-7-13(14)11-19/h3-4,7-8H,2,5-6,9-10,12H2,1H3,(H,20,23). The number of hydrogen-bond acceptors (Lipinski definition) is 4. The van der Waals surface area contributed by atoms with E-state index in [1.54, 1.807) is 31.3 Å². The highest BCUT2D eigenvalue weighted by Crippen LogP contribution is 2.39. The highest BCUT2D eigenvalue weighted by atomic mass is 16.2. The number of nitriles is 1. The average molecular weight is 340 g/mol. The highest BCUT2D eigenvalue weighted by Gasteiger charge is 2.55. The van der Waals surface area contributed by atoms with Crippen LogP contribution in [0, 0.1) is 11.3 Å². The number of anilines is 1. The maximum atomic E-state index is 12.8. The zero-order valence-corrected chi connectivity index (χ0v) is 14.1. The van der Waals surface area contributed by atoms with Gasteiger partial charge in [0.25, 0.3) is 5.91 Å². The van der Waals surface area contributed by atoms with E-state index < -0.39 is 17.5 Å². The van der Waals surface area contributed by atoms with Gasteiger partial charge in [-0.1, -0.05) is 31.4 Å². The minimum Gasteiger partial charge on any atom is -0.323 e. The first-order chi connectivity index (χ1) is 12.0. The number of urea groups is 1. The number of para-hydroxylation sites is 1. The van der Waals surface area contributed by atoms with Crippen LogP contribution in [0.2, 0.25) is 0 Å². The van der Waals surface area contributed by atoms with Gasteiger partial charge in [0, 0.05) is 7.05 Å². The molecule has 2 fully saturated rings. The molecule has 7 nitrogen and oxygen atoms in total. The summed E-state index contributed by atoms with van der Waals surface area (Å²) in [5, 5.41) is 11.7. The molecule has 0 atom stereocenters. The number of carbonyl (C=O) groups excluding carboxylic acids is 3. The van der Waals surface area contributed by atoms with E-state index in [0.717, 1.165) is 24.2 Å². The van der Waals surface area contributed by atoms with Crippen molar-refractivity contribution in [3.05, 3.63) is 29.8 Å². The van der Waals surface area contributed by atoms with Crippen molar-refractivity contribution in [1.82, 2.24) is 9.80 Å². The number of benzene rings is 1. The molecule has 0 aromatic heterocycles. The molecular formula is C18H20N4O3. The normalized spacial score (nSPS) is 19.2. The lowest BCUT2D eigenvalue weighted by atomic mass is 9.81. The third kappa shape index (κ3) is 2.84. The van der Waals surface area contributed by atoms with Gasteiger partial charge in [0.2, 0.25) is 5.91 Å². The van der Waals surface area contributed by atoms with Crippen molar-refractivity contribution in [1.29, 1.82) is 5.26 Å². The Morgan fingerprint density at radius 3 is 2.60 bits per heavy atom. The predicted octanol–water partition coefficient (Wildman–Crippen LogP) is 2.09. The summed E-state index contributed by atoms with van der Waals surface area (Å²) < 4.78 is 0. The number of hydrogen-bond donors (Lipinski definition) is 1. The van der Waals surface area contributed by atoms with E-state index in [9.17, 15) is 14.4 Å². The van der Waals surface area contributed by atoms with Crippen LogP contribution in [0.25, 0.3) is 0 Å². The summed E-state index contributed by atoms with van der Waals surface area (Å²) in [4.78, 5) is 40.2. The van der Waals surface area contributed by atoms with E-state index in [1.807, 2.05) is 6.07 Å². The molecule has 1 saturated heterocycles. The summed E-state index contributed by atoms with van der Waals surface area (Å²) in [6.07, 6.45) is 4.15. The molecule has 1 aliphatic carbocycles. The number of amides is 4. The van der Waals surface area contributed by atoms with Crippen LogP contribution in [0.15, 0.2) is 24.3 Å². The van der Waals surface area contributed by atoms with Crippen molar-refractivity contribution in [2.24, 2.45) is 0 Å². The second-order valence-electron chi connectivity index (χ2n) is 6.53. The molecule has 1 N–H and O–H groups in total. The van der Waals surface area contributed by atoms with Gasteiger partial charge in [-0.3, -0.25) is 14.5 Å². The Bertz CT molecular complexity index is 762. The molecule has 1 heterocycles. The molecule has 1 saturated carbocycles. The first-order valence-electron chi connectivity index (χ1n) is 8.38. The van der Waals surface area contributed by atoms with Gasteiger partial charge in [-0.15, -0.1) is 0 Å². The zero-order chi connectivity index (χ0) is 18.0. The number of likely N-dealkylation sites (N-methyl/N-ethyl adjacent to an activating group) is 1. The molecule has 3 rings (SSSR count). The summed E-state index contributed by atoms with van der Waals surface area (Å²) in [5.41, 5.74) is -0.0918. The SMILES string of the molecule is CN1C(=O)N(CC(=O)Nc2ccccc2C#N)C(=O)C12CCCCC2. The lowest BCUT2D eigenvalue weighted by molar-refractivity contribution is -0.136. The Kier molecular flexibility index (Phi) is 4.45. The molecule has 1 spiro atoms. The topological polar surface area (TPSA) is 93.5 Å². The van der Waals surface area contributed by atoms with Crippen molar-refractivity contribution in [2.45, 2.75) is 37.6 Å². The third-order valence-corrected chi connectivity index (χ3v) is 5.11. The van der Waals surface area contributed by atoms with Gasteiger partial charge < -0.3 is 10.2 Å². The number of nitrogens with one attached hydrogen (secondary N) is 1. The van der Waals surface area contributed by atoms with Gasteiger partial charge in [-0.25, -0.2) is 4.79 Å². The summed E-state index contributed by atoms with van der Waals surface area (Å²) in [5.74, 6) is -0.783. The second kappa shape index (κ2) is 6.55. The maximum Gasteiger partial charge on any atom is 0.327 e. The van der Waals surface area contributed by atoms with Crippen LogP contribution in [0.3, 0.4) is 0 Å². The first kappa shape index (κ1) is 17.0. The number of nitrogens with zero attached hydrogens (tertiary/aromatic N) is 3. The van der Waals surface area contributed by atoms with Crippen LogP contribution in [-0.4, -0.2) is 46.8 Å². The van der Waals surface area contributed by atoms with Gasteiger partial charge in [0.05, 0.1) is 11.3 Å². The van der Waals surface area contributed by atoms with Gasteiger partial charge in [0.15, 0.2) is 0 Å². The minimum atomic E-state index is -0.791. The van der Waals surface area contributed by atoms with Crippen molar-refractivity contribution in [3.8, 4) is 6.07 Å². The lowest BCUT2D eigenvalue weighted by Crippen LogP contribution is -2.49. The van der Waals surface area contributed by atoms with E-state index in [0.29, 0.717) is 24.1 Å². The Morgan fingerprint density at radius 2 is 1.92 bits per heavy atom. The molecule has 4 amide bonds. The molecule has 1 aromatic rings. The number of carbonyl (C=O) groups is 3. The fourth-order valence-corrected chi connectivity index (χ4v) is 3.69. The Balaban J connectivity index is 1.74. The fraction of sp³-hybridized carbons (Fsp3) is 0.444. The van der Waals surface area contributed by atoms with Gasteiger partial charge >= 0.3 is 6.03 Å². The van der Waals surface area contributed by atoms with Crippen molar-refractivity contribution in [2.75, 3.05) is 18.9 Å². The van der Waals surface area contributed by atoms with Crippen LogP contribution in [-0.2, 0) is 9.59 Å². The van der Waals surface area contributed by atoms with Crippen LogP contribution in [0.4, 0.5) is 10.5 Å². The predicted molar refractivity (Wildman–Crippen MR) is 90.5 cm³/mol. The molecule has 7 heteroatoms. The van der Waals surface area contributed by atoms with Gasteiger partial charge in [0.1, 0.15) is 18.2 Å². The maximum absolute atomic E-state index is 12.8. The Morgan fingerprint density at radius 1 is 1.24 bits per heavy atom. The van der Waals surface area contributed by atoms with Gasteiger partial charge in [-0.05, 0) is 25.0 Å². The van der Waals surface area contributed by atoms with Crippen LogP contribution in [0.5, 0.6) is 0 Å². The highest BCUT2D eigenvalue weighted by molar-refractivity contribution is 6.10. The zero-order valence-electron chi connectivity index (χ0n) is 14.1. The largest absolute Gasteiger partial charge is 0.327 e. The van der Waals surface area contributed by atoms with Crippen molar-refractivity contribution < 1.29 is 14.4 Å². The summed E-state index contributed by atoms with van der Waals surface area (Å²) in [7, 11) is 1.63. The molecule has 130 valence electrons. The molecule has 2 aliphatic rings. The monoisotopic (exact) mass is 340 g/mol. The average Bonchev–Trinajstić information content (AvgIpc) is 2.79. The molecule has 0 unspecified atom stereocenters. The molecule has 0 radical (unpaired) electrons. The van der Waals surface area contributed by atoms with Crippen LogP contribution >= 0.6 is 0 Å². The Hall–Kier alpha value is -2.88. The van der Waals surface area contributed by atoms with E-state index in [4.69, 9.17) is 5.26 Å². The molecule has 1 aromatic carbocycles. The first-order valence-corrected chi connectivity index (χ1v) is 8.38. The quantitative estimate of drug-likeness (QED) is 0.853. The van der Waals surface area contributed by atoms with E-state index in [2.05, 4.69) is 5.32 Å². The third-order valence-electron chi connectivity index (χ3n) is 5.11. The molecule has 0 bridgehead atoms. The summed E-state index contributed by atoms with van der Waals surface area (Å²) in [6, 6.07) is 8.16. The molecular weight excluding hydrogens is 320 g/mol. The summed E-state index contributed by atoms with van der Waals surface area (Å²) in [6.45, 7) is -0.344.